The van der Waals surface area contributed by atoms with Crippen LogP contribution in [0.1, 0.15) is 13.3 Å². The van der Waals surface area contributed by atoms with Crippen LogP contribution in [0.15, 0.2) is 12.2 Å². The van der Waals surface area contributed by atoms with Gasteiger partial charge in [-0.05, 0) is 13.3 Å². The first kappa shape index (κ1) is 14.0. The van der Waals surface area contributed by atoms with Crippen molar-refractivity contribution in [3.05, 3.63) is 12.2 Å². The zero-order chi connectivity index (χ0) is 13.2. The van der Waals surface area contributed by atoms with E-state index in [9.17, 15) is 8.42 Å². The first-order valence-electron chi connectivity index (χ1n) is 6.43. The molecule has 0 unspecified atom stereocenters. The van der Waals surface area contributed by atoms with Gasteiger partial charge in [-0.15, -0.1) is 0 Å². The predicted octanol–water partition coefficient (Wildman–Crippen LogP) is 0.299. The van der Waals surface area contributed by atoms with Gasteiger partial charge in [0.15, 0.2) is 0 Å². The summed E-state index contributed by atoms with van der Waals surface area (Å²) in [6.45, 7) is 10.1. The Balaban J connectivity index is 1.93. The van der Waals surface area contributed by atoms with E-state index in [2.05, 4.69) is 11.5 Å². The maximum Gasteiger partial charge on any atom is 0.217 e. The van der Waals surface area contributed by atoms with E-state index in [-0.39, 0.29) is 5.75 Å². The molecule has 2 fully saturated rings. The molecule has 0 N–H and O–H groups in total. The van der Waals surface area contributed by atoms with Gasteiger partial charge in [-0.25, -0.2) is 12.7 Å². The van der Waals surface area contributed by atoms with Crippen LogP contribution >= 0.6 is 0 Å². The average Bonchev–Trinajstić information content (AvgIpc) is 2.78. The fourth-order valence-electron chi connectivity index (χ4n) is 2.61. The van der Waals surface area contributed by atoms with Gasteiger partial charge in [0.1, 0.15) is 0 Å². The Hall–Kier alpha value is -0.430. The highest BCUT2D eigenvalue weighted by molar-refractivity contribution is 7.89. The minimum absolute atomic E-state index is 0.0723. The Kier molecular flexibility index (Phi) is 4.42. The van der Waals surface area contributed by atoms with Crippen LogP contribution in [-0.4, -0.2) is 68.8 Å². The Labute approximate surface area is 109 Å². The zero-order valence-corrected chi connectivity index (χ0v) is 11.8. The smallest absolute Gasteiger partial charge is 0.217 e. The molecule has 2 aliphatic heterocycles. The van der Waals surface area contributed by atoms with Crippen LogP contribution in [0.2, 0.25) is 0 Å². The number of morpholine rings is 1. The molecule has 6 heteroatoms. The Morgan fingerprint density at radius 2 is 2.00 bits per heavy atom. The van der Waals surface area contributed by atoms with Gasteiger partial charge in [0.05, 0.1) is 19.0 Å². The molecule has 2 heterocycles. The maximum absolute atomic E-state index is 12.1. The topological polar surface area (TPSA) is 49.9 Å². The van der Waals surface area contributed by atoms with E-state index in [0.29, 0.717) is 24.7 Å². The number of nitrogens with zero attached hydrogens (tertiary/aromatic N) is 2. The molecule has 0 aromatic carbocycles. The predicted molar refractivity (Wildman–Crippen MR) is 71.0 cm³/mol. The van der Waals surface area contributed by atoms with Crippen LogP contribution in [0, 0.1) is 0 Å². The van der Waals surface area contributed by atoms with Crippen molar-refractivity contribution in [3.63, 3.8) is 0 Å². The van der Waals surface area contributed by atoms with Gasteiger partial charge < -0.3 is 4.74 Å². The number of hydrogen-bond donors (Lipinski definition) is 0. The van der Waals surface area contributed by atoms with Crippen LogP contribution in [0.3, 0.4) is 0 Å². The summed E-state index contributed by atoms with van der Waals surface area (Å²) in [5, 5.41) is 0. The summed E-state index contributed by atoms with van der Waals surface area (Å²) in [4.78, 5) is 2.35. The summed E-state index contributed by atoms with van der Waals surface area (Å²) >= 11 is 0. The summed E-state index contributed by atoms with van der Waals surface area (Å²) < 4.78 is 31.1. The van der Waals surface area contributed by atoms with Crippen molar-refractivity contribution < 1.29 is 13.2 Å². The SMILES string of the molecule is C=C(C)CS(=O)(=O)N1CC[C@H](N2CCOCC2)C1. The second-order valence-electron chi connectivity index (χ2n) is 5.16. The highest BCUT2D eigenvalue weighted by atomic mass is 32.2. The van der Waals surface area contributed by atoms with E-state index in [4.69, 9.17) is 4.74 Å². The summed E-state index contributed by atoms with van der Waals surface area (Å²) in [6, 6.07) is 0.355. The molecule has 5 nitrogen and oxygen atoms in total. The van der Waals surface area contributed by atoms with Crippen molar-refractivity contribution in [1.29, 1.82) is 0 Å². The van der Waals surface area contributed by atoms with Gasteiger partial charge in [0, 0.05) is 32.2 Å². The Morgan fingerprint density at radius 3 is 2.61 bits per heavy atom. The zero-order valence-electron chi connectivity index (χ0n) is 11.0. The molecule has 0 saturated carbocycles. The molecule has 1 atom stereocenters. The lowest BCUT2D eigenvalue weighted by molar-refractivity contribution is 0.0197. The lowest BCUT2D eigenvalue weighted by atomic mass is 10.2. The minimum atomic E-state index is -3.15. The van der Waals surface area contributed by atoms with Gasteiger partial charge in [0.2, 0.25) is 10.0 Å². The second-order valence-corrected chi connectivity index (χ2v) is 7.13. The molecule has 0 radical (unpaired) electrons. The van der Waals surface area contributed by atoms with E-state index in [1.807, 2.05) is 0 Å². The largest absolute Gasteiger partial charge is 0.379 e. The summed E-state index contributed by atoms with van der Waals surface area (Å²) in [6.07, 6.45) is 0.926. The van der Waals surface area contributed by atoms with Gasteiger partial charge >= 0.3 is 0 Å². The number of hydrogen-bond acceptors (Lipinski definition) is 4. The first-order valence-corrected chi connectivity index (χ1v) is 8.04. The van der Waals surface area contributed by atoms with Gasteiger partial charge in [-0.3, -0.25) is 4.90 Å². The molecule has 0 bridgehead atoms. The van der Waals surface area contributed by atoms with E-state index in [0.717, 1.165) is 32.7 Å². The molecule has 2 rings (SSSR count). The third-order valence-corrected chi connectivity index (χ3v) is 5.49. The third kappa shape index (κ3) is 3.32. The van der Waals surface area contributed by atoms with Crippen LogP contribution in [0.4, 0.5) is 0 Å². The highest BCUT2D eigenvalue weighted by Crippen LogP contribution is 2.20. The van der Waals surface area contributed by atoms with Crippen molar-refractivity contribution in [2.24, 2.45) is 0 Å². The molecule has 0 aromatic heterocycles. The molecule has 104 valence electrons. The number of sulfonamides is 1. The fraction of sp³-hybridized carbons (Fsp3) is 0.833. The van der Waals surface area contributed by atoms with Crippen LogP contribution in [0.25, 0.3) is 0 Å². The first-order chi connectivity index (χ1) is 8.49. The average molecular weight is 274 g/mol. The van der Waals surface area contributed by atoms with Crippen LogP contribution in [-0.2, 0) is 14.8 Å². The highest BCUT2D eigenvalue weighted by Gasteiger charge is 2.34. The van der Waals surface area contributed by atoms with Crippen molar-refractivity contribution in [3.8, 4) is 0 Å². The summed E-state index contributed by atoms with van der Waals surface area (Å²) in [5.41, 5.74) is 0.699. The van der Waals surface area contributed by atoms with Crippen LogP contribution < -0.4 is 0 Å². The van der Waals surface area contributed by atoms with Crippen molar-refractivity contribution in [2.45, 2.75) is 19.4 Å². The van der Waals surface area contributed by atoms with Crippen molar-refractivity contribution in [1.82, 2.24) is 9.21 Å². The summed E-state index contributed by atoms with van der Waals surface area (Å²) in [5.74, 6) is 0.0723. The Bertz CT molecular complexity index is 402. The summed E-state index contributed by atoms with van der Waals surface area (Å²) in [7, 11) is -3.15. The molecule has 0 aromatic rings. The third-order valence-electron chi connectivity index (χ3n) is 3.51. The van der Waals surface area contributed by atoms with Gasteiger partial charge in [-0.1, -0.05) is 12.2 Å². The molecular formula is C12H22N2O3S. The molecular weight excluding hydrogens is 252 g/mol. The van der Waals surface area contributed by atoms with E-state index in [1.54, 1.807) is 11.2 Å². The number of rotatable bonds is 4. The van der Waals surface area contributed by atoms with Gasteiger partial charge in [0.25, 0.3) is 0 Å². The van der Waals surface area contributed by atoms with Gasteiger partial charge in [-0.2, -0.15) is 0 Å². The minimum Gasteiger partial charge on any atom is -0.379 e. The number of ether oxygens (including phenoxy) is 1. The normalized spacial score (nSPS) is 27.5. The monoisotopic (exact) mass is 274 g/mol. The van der Waals surface area contributed by atoms with Crippen molar-refractivity contribution in [2.75, 3.05) is 45.1 Å². The van der Waals surface area contributed by atoms with Crippen molar-refractivity contribution >= 4 is 10.0 Å². The Morgan fingerprint density at radius 1 is 1.33 bits per heavy atom. The second kappa shape index (κ2) is 5.69. The molecule has 0 amide bonds. The fourth-order valence-corrected chi connectivity index (χ4v) is 4.19. The van der Waals surface area contributed by atoms with E-state index in [1.165, 1.54) is 0 Å². The quantitative estimate of drug-likeness (QED) is 0.692. The lowest BCUT2D eigenvalue weighted by Gasteiger charge is -2.32. The lowest BCUT2D eigenvalue weighted by Crippen LogP contribution is -2.45. The maximum atomic E-state index is 12.1. The van der Waals surface area contributed by atoms with E-state index < -0.39 is 10.0 Å². The standard InChI is InChI=1S/C12H22N2O3S/c1-11(2)10-18(15,16)14-4-3-12(9-14)13-5-7-17-8-6-13/h12H,1,3-10H2,2H3/t12-/m0/s1. The molecule has 2 saturated heterocycles. The van der Waals surface area contributed by atoms with Crippen LogP contribution in [0.5, 0.6) is 0 Å². The molecule has 0 spiro atoms. The molecule has 0 aliphatic carbocycles. The molecule has 18 heavy (non-hydrogen) atoms. The van der Waals surface area contributed by atoms with E-state index >= 15 is 0 Å². The molecule has 2 aliphatic rings.